The Morgan fingerprint density at radius 3 is 2.28 bits per heavy atom. The number of hydrogen-bond donors (Lipinski definition) is 1. The minimum atomic E-state index is -0.717. The van der Waals surface area contributed by atoms with Gasteiger partial charge in [-0.25, -0.2) is 13.7 Å². The Hall–Kier alpha value is -1.00. The molecule has 1 aromatic carbocycles. The first-order valence-corrected chi connectivity index (χ1v) is 6.21. The van der Waals surface area contributed by atoms with E-state index in [2.05, 4.69) is 11.8 Å². The summed E-state index contributed by atoms with van der Waals surface area (Å²) >= 11 is 0. The second-order valence-electron chi connectivity index (χ2n) is 4.78. The summed E-state index contributed by atoms with van der Waals surface area (Å²) in [6.45, 7) is 2.22. The topological polar surface area (TPSA) is 29.5 Å². The third-order valence-electron chi connectivity index (χ3n) is 3.44. The van der Waals surface area contributed by atoms with Crippen molar-refractivity contribution in [1.29, 1.82) is 0 Å². The van der Waals surface area contributed by atoms with Crippen LogP contribution in [0.5, 0.6) is 0 Å². The fourth-order valence-corrected chi connectivity index (χ4v) is 2.41. The van der Waals surface area contributed by atoms with Crippen molar-refractivity contribution in [3.63, 3.8) is 0 Å². The average Bonchev–Trinajstić information content (AvgIpc) is 2.35. The van der Waals surface area contributed by atoms with Gasteiger partial charge in [0.05, 0.1) is 7.11 Å². The summed E-state index contributed by atoms with van der Waals surface area (Å²) in [5.41, 5.74) is 0.571. The van der Waals surface area contributed by atoms with Gasteiger partial charge < -0.3 is 0 Å². The lowest BCUT2D eigenvalue weighted by molar-refractivity contribution is -0.214. The van der Waals surface area contributed by atoms with Crippen molar-refractivity contribution in [1.82, 2.24) is 0 Å². The van der Waals surface area contributed by atoms with E-state index in [-0.39, 0.29) is 5.92 Å². The third-order valence-corrected chi connectivity index (χ3v) is 3.44. The van der Waals surface area contributed by atoms with Crippen LogP contribution in [0.15, 0.2) is 18.2 Å². The van der Waals surface area contributed by atoms with Gasteiger partial charge in [-0.2, -0.15) is 0 Å². The summed E-state index contributed by atoms with van der Waals surface area (Å²) in [7, 11) is 1.18. The van der Waals surface area contributed by atoms with E-state index < -0.39 is 11.6 Å². The smallest absolute Gasteiger partial charge is 0.162 e. The van der Waals surface area contributed by atoms with E-state index in [1.165, 1.54) is 13.2 Å². The van der Waals surface area contributed by atoms with Crippen molar-refractivity contribution < 1.29 is 18.9 Å². The highest BCUT2D eigenvalue weighted by molar-refractivity contribution is 5.23. The Labute approximate surface area is 107 Å². The normalized spacial score (nSPS) is 23.2. The lowest BCUT2D eigenvalue weighted by Gasteiger charge is -2.26. The first-order valence-electron chi connectivity index (χ1n) is 6.21. The summed E-state index contributed by atoms with van der Waals surface area (Å²) in [6, 6.07) is 4.51. The van der Waals surface area contributed by atoms with E-state index in [1.54, 1.807) is 12.1 Å². The summed E-state index contributed by atoms with van der Waals surface area (Å²) in [4.78, 5) is 3.25. The van der Waals surface area contributed by atoms with Crippen molar-refractivity contribution in [2.24, 2.45) is 5.92 Å². The maximum absolute atomic E-state index is 13.5. The van der Waals surface area contributed by atoms with Gasteiger partial charge in [0.2, 0.25) is 0 Å². The first kappa shape index (κ1) is 15.1. The maximum atomic E-state index is 13.5. The largest absolute Gasteiger partial charge is 0.252 e. The Bertz CT molecular complexity index is 361. The van der Waals surface area contributed by atoms with E-state index >= 15 is 0 Å². The van der Waals surface area contributed by atoms with Gasteiger partial charge >= 0.3 is 0 Å². The summed E-state index contributed by atoms with van der Waals surface area (Å²) in [6.07, 6.45) is 4.23. The van der Waals surface area contributed by atoms with Crippen molar-refractivity contribution in [3.05, 3.63) is 35.4 Å². The molecule has 0 saturated heterocycles. The van der Waals surface area contributed by atoms with Gasteiger partial charge in [-0.15, -0.1) is 0 Å². The van der Waals surface area contributed by atoms with E-state index in [0.717, 1.165) is 31.6 Å². The molecule has 18 heavy (non-hydrogen) atoms. The van der Waals surface area contributed by atoms with Crippen LogP contribution in [0.25, 0.3) is 0 Å². The Kier molecular flexibility index (Phi) is 6.22. The van der Waals surface area contributed by atoms with Crippen molar-refractivity contribution >= 4 is 0 Å². The van der Waals surface area contributed by atoms with Crippen LogP contribution in [0.4, 0.5) is 8.78 Å². The molecule has 1 aliphatic carbocycles. The molecule has 0 aromatic heterocycles. The number of halogens is 2. The van der Waals surface area contributed by atoms with E-state index in [0.29, 0.717) is 5.56 Å². The van der Waals surface area contributed by atoms with E-state index in [1.807, 2.05) is 0 Å². The van der Waals surface area contributed by atoms with Crippen molar-refractivity contribution in [2.45, 2.75) is 38.5 Å². The third kappa shape index (κ3) is 4.03. The minimum Gasteiger partial charge on any atom is -0.252 e. The Morgan fingerprint density at radius 1 is 1.17 bits per heavy atom. The predicted octanol–water partition coefficient (Wildman–Crippen LogP) is 4.36. The van der Waals surface area contributed by atoms with Gasteiger partial charge in [0.1, 0.15) is 0 Å². The summed E-state index contributed by atoms with van der Waals surface area (Å²) < 4.78 is 26.5. The van der Waals surface area contributed by atoms with Gasteiger partial charge in [-0.1, -0.05) is 31.9 Å². The zero-order valence-corrected chi connectivity index (χ0v) is 10.8. The molecule has 0 radical (unpaired) electrons. The molecule has 0 bridgehead atoms. The van der Waals surface area contributed by atoms with Gasteiger partial charge in [0, 0.05) is 0 Å². The number of benzene rings is 1. The minimum absolute atomic E-state index is 0.219. The molecule has 1 N–H and O–H groups in total. The van der Waals surface area contributed by atoms with Crippen LogP contribution in [-0.2, 0) is 4.89 Å². The molecule has 1 aromatic rings. The highest BCUT2D eigenvalue weighted by Crippen LogP contribution is 2.36. The van der Waals surface area contributed by atoms with Gasteiger partial charge in [-0.3, -0.25) is 5.26 Å². The first-order chi connectivity index (χ1) is 8.60. The molecule has 1 fully saturated rings. The standard InChI is InChI=1S/C13H16F2.CH4O2/c1-9-5-7-10(8-6-9)11-3-2-4-12(14)13(11)15;1-3-2/h2-4,9-10H,5-8H2,1H3;2H,1H3. The molecule has 2 nitrogen and oxygen atoms in total. The van der Waals surface area contributed by atoms with Crippen LogP contribution in [0.2, 0.25) is 0 Å². The quantitative estimate of drug-likeness (QED) is 0.599. The number of rotatable bonds is 1. The van der Waals surface area contributed by atoms with Gasteiger partial charge in [-0.05, 0) is 36.3 Å². The molecule has 102 valence electrons. The lowest BCUT2D eigenvalue weighted by Crippen LogP contribution is -2.12. The highest BCUT2D eigenvalue weighted by atomic mass is 19.2. The van der Waals surface area contributed by atoms with Gasteiger partial charge in [0.15, 0.2) is 11.6 Å². The molecule has 0 unspecified atom stereocenters. The molecule has 2 rings (SSSR count). The van der Waals surface area contributed by atoms with E-state index in [4.69, 9.17) is 5.26 Å². The Morgan fingerprint density at radius 2 is 1.72 bits per heavy atom. The molecule has 1 aliphatic rings. The summed E-state index contributed by atoms with van der Waals surface area (Å²) in [5.74, 6) is -0.405. The molecule has 4 heteroatoms. The van der Waals surface area contributed by atoms with Crippen LogP contribution in [0.3, 0.4) is 0 Å². The van der Waals surface area contributed by atoms with Crippen LogP contribution >= 0.6 is 0 Å². The van der Waals surface area contributed by atoms with Gasteiger partial charge in [0.25, 0.3) is 0 Å². The van der Waals surface area contributed by atoms with Crippen LogP contribution in [-0.4, -0.2) is 12.4 Å². The zero-order valence-electron chi connectivity index (χ0n) is 10.8. The molecular weight excluding hydrogens is 238 g/mol. The Balaban J connectivity index is 0.000000492. The van der Waals surface area contributed by atoms with Crippen LogP contribution in [0, 0.1) is 17.6 Å². The molecule has 0 heterocycles. The van der Waals surface area contributed by atoms with Crippen LogP contribution < -0.4 is 0 Å². The second-order valence-corrected chi connectivity index (χ2v) is 4.78. The summed E-state index contributed by atoms with van der Waals surface area (Å²) in [5, 5.41) is 7.07. The van der Waals surface area contributed by atoms with E-state index in [9.17, 15) is 8.78 Å². The monoisotopic (exact) mass is 258 g/mol. The molecule has 0 amide bonds. The SMILES string of the molecule is CC1CCC(c2cccc(F)c2F)CC1.COO. The molecule has 1 saturated carbocycles. The fraction of sp³-hybridized carbons (Fsp3) is 0.571. The highest BCUT2D eigenvalue weighted by Gasteiger charge is 2.23. The predicted molar refractivity (Wildman–Crippen MR) is 66.4 cm³/mol. The second kappa shape index (κ2) is 7.44. The molecule has 0 aliphatic heterocycles. The molecular formula is C14H20F2O2. The average molecular weight is 258 g/mol. The molecule has 0 spiro atoms. The fourth-order valence-electron chi connectivity index (χ4n) is 2.41. The number of hydrogen-bond acceptors (Lipinski definition) is 2. The van der Waals surface area contributed by atoms with Crippen LogP contribution in [0.1, 0.15) is 44.1 Å². The lowest BCUT2D eigenvalue weighted by atomic mass is 9.79. The zero-order chi connectivity index (χ0) is 13.5. The van der Waals surface area contributed by atoms with Crippen molar-refractivity contribution in [2.75, 3.05) is 7.11 Å². The maximum Gasteiger partial charge on any atom is 0.162 e. The molecule has 0 atom stereocenters. The van der Waals surface area contributed by atoms with Crippen molar-refractivity contribution in [3.8, 4) is 0 Å².